The van der Waals surface area contributed by atoms with Crippen molar-refractivity contribution in [1.82, 2.24) is 5.32 Å². The van der Waals surface area contributed by atoms with Gasteiger partial charge in [0.2, 0.25) is 0 Å². The van der Waals surface area contributed by atoms with Gasteiger partial charge in [-0.1, -0.05) is 20.8 Å². The van der Waals surface area contributed by atoms with Crippen LogP contribution in [-0.2, 0) is 9.47 Å². The lowest BCUT2D eigenvalue weighted by atomic mass is 9.99. The highest BCUT2D eigenvalue weighted by Crippen LogP contribution is 2.12. The van der Waals surface area contributed by atoms with Gasteiger partial charge in [0.1, 0.15) is 0 Å². The molecule has 0 aromatic heterocycles. The van der Waals surface area contributed by atoms with Gasteiger partial charge in [0, 0.05) is 20.2 Å². The monoisotopic (exact) mass is 189 g/mol. The van der Waals surface area contributed by atoms with E-state index in [0.717, 1.165) is 32.9 Å². The Kier molecular flexibility index (Phi) is 7.23. The molecule has 13 heavy (non-hydrogen) atoms. The van der Waals surface area contributed by atoms with Crippen LogP contribution in [-0.4, -0.2) is 40.0 Å². The lowest BCUT2D eigenvalue weighted by Gasteiger charge is -2.17. The molecule has 80 valence electrons. The van der Waals surface area contributed by atoms with Crippen molar-refractivity contribution in [2.75, 3.05) is 40.0 Å². The van der Waals surface area contributed by atoms with Crippen LogP contribution in [0.3, 0.4) is 0 Å². The smallest absolute Gasteiger partial charge is 0.0591 e. The minimum absolute atomic E-state index is 0.270. The van der Waals surface area contributed by atoms with E-state index in [-0.39, 0.29) is 5.41 Å². The van der Waals surface area contributed by atoms with E-state index >= 15 is 0 Å². The van der Waals surface area contributed by atoms with Crippen molar-refractivity contribution in [3.63, 3.8) is 0 Å². The molecule has 0 unspecified atom stereocenters. The molecular formula is C10H23NO2. The van der Waals surface area contributed by atoms with Gasteiger partial charge in [0.25, 0.3) is 0 Å². The Balaban J connectivity index is 3.00. The summed E-state index contributed by atoms with van der Waals surface area (Å²) < 4.78 is 10.4. The molecule has 0 rings (SSSR count). The molecule has 3 nitrogen and oxygen atoms in total. The summed E-state index contributed by atoms with van der Waals surface area (Å²) in [7, 11) is 1.71. The molecule has 0 aliphatic heterocycles. The fraction of sp³-hybridized carbons (Fsp3) is 1.00. The van der Waals surface area contributed by atoms with Crippen molar-refractivity contribution in [3.05, 3.63) is 0 Å². The van der Waals surface area contributed by atoms with E-state index in [1.165, 1.54) is 0 Å². The van der Waals surface area contributed by atoms with Gasteiger partial charge in [-0.25, -0.2) is 0 Å². The number of rotatable bonds is 7. The summed E-state index contributed by atoms with van der Waals surface area (Å²) in [4.78, 5) is 0. The number of ether oxygens (including phenoxy) is 2. The van der Waals surface area contributed by atoms with Crippen molar-refractivity contribution in [2.24, 2.45) is 5.41 Å². The molecule has 3 heteroatoms. The fourth-order valence-electron chi connectivity index (χ4n) is 0.822. The zero-order chi connectivity index (χ0) is 10.2. The predicted molar refractivity (Wildman–Crippen MR) is 55.0 cm³/mol. The molecule has 0 aromatic carbocycles. The van der Waals surface area contributed by atoms with Crippen LogP contribution in [0.5, 0.6) is 0 Å². The van der Waals surface area contributed by atoms with Crippen LogP contribution >= 0.6 is 0 Å². The molecule has 1 N–H and O–H groups in total. The molecule has 0 fully saturated rings. The zero-order valence-corrected chi connectivity index (χ0v) is 9.35. The number of nitrogens with one attached hydrogen (secondary N) is 1. The molecule has 0 saturated heterocycles. The van der Waals surface area contributed by atoms with Crippen molar-refractivity contribution in [2.45, 2.75) is 20.8 Å². The lowest BCUT2D eigenvalue weighted by molar-refractivity contribution is 0.0721. The highest BCUT2D eigenvalue weighted by molar-refractivity contribution is 4.59. The zero-order valence-electron chi connectivity index (χ0n) is 9.35. The Hall–Kier alpha value is -0.120. The predicted octanol–water partition coefficient (Wildman–Crippen LogP) is 1.29. The number of hydrogen-bond donors (Lipinski definition) is 1. The third-order valence-corrected chi connectivity index (χ3v) is 1.44. The molecule has 0 amide bonds. The Labute approximate surface area is 81.8 Å². The average Bonchev–Trinajstić information content (AvgIpc) is 2.01. The van der Waals surface area contributed by atoms with Gasteiger partial charge in [0.05, 0.1) is 19.8 Å². The average molecular weight is 189 g/mol. The molecule has 0 saturated carbocycles. The summed E-state index contributed by atoms with van der Waals surface area (Å²) in [5.41, 5.74) is 0.270. The van der Waals surface area contributed by atoms with Gasteiger partial charge in [-0.15, -0.1) is 0 Å². The van der Waals surface area contributed by atoms with E-state index in [1.54, 1.807) is 7.11 Å². The summed E-state index contributed by atoms with van der Waals surface area (Å²) in [6.07, 6.45) is 0. The van der Waals surface area contributed by atoms with Gasteiger partial charge in [0.15, 0.2) is 0 Å². The third kappa shape index (κ3) is 11.9. The van der Waals surface area contributed by atoms with Crippen LogP contribution in [0, 0.1) is 5.41 Å². The van der Waals surface area contributed by atoms with E-state index in [9.17, 15) is 0 Å². The summed E-state index contributed by atoms with van der Waals surface area (Å²) >= 11 is 0. The van der Waals surface area contributed by atoms with Gasteiger partial charge < -0.3 is 14.8 Å². The third-order valence-electron chi connectivity index (χ3n) is 1.44. The molecular weight excluding hydrogens is 166 g/mol. The maximum atomic E-state index is 5.47. The summed E-state index contributed by atoms with van der Waals surface area (Å²) in [5, 5.41) is 3.22. The van der Waals surface area contributed by atoms with Crippen LogP contribution in [0.4, 0.5) is 0 Å². The number of methoxy groups -OCH3 is 1. The standard InChI is InChI=1S/C10H23NO2/c1-10(2,3)9-13-8-6-11-5-7-12-4/h11H,5-9H2,1-4H3. The first kappa shape index (κ1) is 12.9. The maximum absolute atomic E-state index is 5.47. The molecule has 0 spiro atoms. The van der Waals surface area contributed by atoms with Gasteiger partial charge in [-0.2, -0.15) is 0 Å². The largest absolute Gasteiger partial charge is 0.383 e. The SMILES string of the molecule is COCCNCCOCC(C)(C)C. The van der Waals surface area contributed by atoms with Crippen LogP contribution in [0.15, 0.2) is 0 Å². The van der Waals surface area contributed by atoms with Crippen molar-refractivity contribution < 1.29 is 9.47 Å². The van der Waals surface area contributed by atoms with Crippen molar-refractivity contribution in [3.8, 4) is 0 Å². The van der Waals surface area contributed by atoms with Gasteiger partial charge in [-0.05, 0) is 5.41 Å². The second kappa shape index (κ2) is 7.30. The molecule has 0 aliphatic rings. The first-order valence-corrected chi connectivity index (χ1v) is 4.83. The first-order chi connectivity index (χ1) is 6.06. The van der Waals surface area contributed by atoms with E-state index in [1.807, 2.05) is 0 Å². The van der Waals surface area contributed by atoms with E-state index in [4.69, 9.17) is 9.47 Å². The second-order valence-corrected chi connectivity index (χ2v) is 4.36. The Bertz CT molecular complexity index is 110. The minimum atomic E-state index is 0.270. The normalized spacial score (nSPS) is 12.0. The van der Waals surface area contributed by atoms with E-state index in [0.29, 0.717) is 0 Å². The Morgan fingerprint density at radius 3 is 2.23 bits per heavy atom. The quantitative estimate of drug-likeness (QED) is 0.612. The molecule has 0 atom stereocenters. The van der Waals surface area contributed by atoms with Crippen LogP contribution < -0.4 is 5.32 Å². The topological polar surface area (TPSA) is 30.5 Å². The molecule has 0 aliphatic carbocycles. The molecule has 0 heterocycles. The highest BCUT2D eigenvalue weighted by atomic mass is 16.5. The Morgan fingerprint density at radius 1 is 1.08 bits per heavy atom. The summed E-state index contributed by atoms with van der Waals surface area (Å²) in [6, 6.07) is 0. The number of hydrogen-bond acceptors (Lipinski definition) is 3. The molecule has 0 aromatic rings. The molecule has 0 bridgehead atoms. The lowest BCUT2D eigenvalue weighted by Crippen LogP contribution is -2.25. The fourth-order valence-corrected chi connectivity index (χ4v) is 0.822. The van der Waals surface area contributed by atoms with Crippen LogP contribution in [0.2, 0.25) is 0 Å². The van der Waals surface area contributed by atoms with Crippen molar-refractivity contribution >= 4 is 0 Å². The maximum Gasteiger partial charge on any atom is 0.0591 e. The Morgan fingerprint density at radius 2 is 1.69 bits per heavy atom. The van der Waals surface area contributed by atoms with Crippen LogP contribution in [0.1, 0.15) is 20.8 Å². The molecule has 0 radical (unpaired) electrons. The van der Waals surface area contributed by atoms with E-state index in [2.05, 4.69) is 26.1 Å². The minimum Gasteiger partial charge on any atom is -0.383 e. The van der Waals surface area contributed by atoms with E-state index < -0.39 is 0 Å². The second-order valence-electron chi connectivity index (χ2n) is 4.36. The van der Waals surface area contributed by atoms with Crippen molar-refractivity contribution in [1.29, 1.82) is 0 Å². The van der Waals surface area contributed by atoms with Gasteiger partial charge in [-0.3, -0.25) is 0 Å². The van der Waals surface area contributed by atoms with Gasteiger partial charge >= 0.3 is 0 Å². The summed E-state index contributed by atoms with van der Waals surface area (Å²) in [6.45, 7) is 10.7. The highest BCUT2D eigenvalue weighted by Gasteiger charge is 2.08. The summed E-state index contributed by atoms with van der Waals surface area (Å²) in [5.74, 6) is 0. The van der Waals surface area contributed by atoms with Crippen LogP contribution in [0.25, 0.3) is 0 Å². The first-order valence-electron chi connectivity index (χ1n) is 4.83.